The van der Waals surface area contributed by atoms with Crippen molar-refractivity contribution in [2.45, 2.75) is 32.6 Å². The molecule has 7 heteroatoms. The summed E-state index contributed by atoms with van der Waals surface area (Å²) in [5, 5.41) is 2.30. The van der Waals surface area contributed by atoms with Crippen molar-refractivity contribution in [2.24, 2.45) is 0 Å². The normalized spacial score (nSPS) is 19.2. The van der Waals surface area contributed by atoms with Gasteiger partial charge in [-0.2, -0.15) is 0 Å². The Kier molecular flexibility index (Phi) is 5.17. The van der Waals surface area contributed by atoms with Crippen molar-refractivity contribution in [1.82, 2.24) is 5.32 Å². The van der Waals surface area contributed by atoms with E-state index in [1.165, 1.54) is 16.8 Å². The lowest BCUT2D eigenvalue weighted by Gasteiger charge is -2.37. The summed E-state index contributed by atoms with van der Waals surface area (Å²) in [7, 11) is 0. The average molecular weight is 431 g/mol. The number of amides is 4. The number of nitrogens with one attached hydrogen (secondary N) is 1. The fourth-order valence-electron chi connectivity index (χ4n) is 4.83. The molecule has 3 aliphatic heterocycles. The largest absolute Gasteiger partial charge is 0.494 e. The van der Waals surface area contributed by atoms with Crippen molar-refractivity contribution >= 4 is 35.3 Å². The van der Waals surface area contributed by atoms with Crippen LogP contribution >= 0.6 is 0 Å². The predicted molar refractivity (Wildman–Crippen MR) is 122 cm³/mol. The first kappa shape index (κ1) is 20.3. The lowest BCUT2D eigenvalue weighted by Crippen LogP contribution is -2.54. The van der Waals surface area contributed by atoms with Gasteiger partial charge in [-0.15, -0.1) is 0 Å². The molecule has 0 spiro atoms. The van der Waals surface area contributed by atoms with Crippen LogP contribution in [0.15, 0.2) is 42.0 Å². The van der Waals surface area contributed by atoms with Crippen LogP contribution < -0.4 is 19.9 Å². The third-order valence-electron chi connectivity index (χ3n) is 6.17. The maximum absolute atomic E-state index is 13.2. The first-order valence-corrected chi connectivity index (χ1v) is 11.1. The van der Waals surface area contributed by atoms with E-state index in [1.807, 2.05) is 6.92 Å². The van der Waals surface area contributed by atoms with Gasteiger partial charge in [-0.05, 0) is 91.8 Å². The van der Waals surface area contributed by atoms with Crippen molar-refractivity contribution in [3.8, 4) is 5.75 Å². The molecule has 1 saturated heterocycles. The molecule has 0 unspecified atom stereocenters. The Hall–Kier alpha value is -3.61. The number of anilines is 2. The SMILES string of the molecule is CCOc1ccc(N2C(=O)NC(=O)C(=Cc3cc4c5c(c3)CCCN5CCC4)C2=O)cc1. The Labute approximate surface area is 186 Å². The second-order valence-electron chi connectivity index (χ2n) is 8.27. The van der Waals surface area contributed by atoms with Gasteiger partial charge in [0.25, 0.3) is 11.8 Å². The van der Waals surface area contributed by atoms with Gasteiger partial charge in [0, 0.05) is 18.8 Å². The zero-order valence-electron chi connectivity index (χ0n) is 18.0. The molecule has 0 aliphatic carbocycles. The van der Waals surface area contributed by atoms with Gasteiger partial charge < -0.3 is 9.64 Å². The number of imide groups is 2. The third kappa shape index (κ3) is 3.53. The summed E-state index contributed by atoms with van der Waals surface area (Å²) < 4.78 is 5.43. The van der Waals surface area contributed by atoms with Crippen molar-refractivity contribution in [3.05, 3.63) is 58.7 Å². The van der Waals surface area contributed by atoms with E-state index < -0.39 is 17.8 Å². The Bertz CT molecular complexity index is 1110. The highest BCUT2D eigenvalue weighted by molar-refractivity contribution is 6.39. The van der Waals surface area contributed by atoms with Crippen LogP contribution in [0.1, 0.15) is 36.5 Å². The van der Waals surface area contributed by atoms with Crippen molar-refractivity contribution in [3.63, 3.8) is 0 Å². The summed E-state index contributed by atoms with van der Waals surface area (Å²) in [4.78, 5) is 41.7. The van der Waals surface area contributed by atoms with Crippen LogP contribution in [0.3, 0.4) is 0 Å². The first-order valence-electron chi connectivity index (χ1n) is 11.1. The van der Waals surface area contributed by atoms with Gasteiger partial charge in [0.2, 0.25) is 0 Å². The molecule has 0 radical (unpaired) electrons. The Morgan fingerprint density at radius 2 is 1.66 bits per heavy atom. The van der Waals surface area contributed by atoms with Crippen molar-refractivity contribution in [2.75, 3.05) is 29.5 Å². The van der Waals surface area contributed by atoms with Crippen LogP contribution in [0.2, 0.25) is 0 Å². The lowest BCUT2D eigenvalue weighted by atomic mass is 9.89. The van der Waals surface area contributed by atoms with E-state index in [1.54, 1.807) is 30.3 Å². The minimum absolute atomic E-state index is 0.0471. The molecular formula is C25H25N3O4. The number of rotatable bonds is 4. The van der Waals surface area contributed by atoms with E-state index in [9.17, 15) is 14.4 Å². The number of barbiturate groups is 1. The molecule has 0 atom stereocenters. The summed E-state index contributed by atoms with van der Waals surface area (Å²) in [6.45, 7) is 4.57. The van der Waals surface area contributed by atoms with Crippen LogP contribution in [0.4, 0.5) is 16.2 Å². The predicted octanol–water partition coefficient (Wildman–Crippen LogP) is 3.45. The van der Waals surface area contributed by atoms with Gasteiger partial charge in [-0.1, -0.05) is 0 Å². The number of aryl methyl sites for hydroxylation is 2. The highest BCUT2D eigenvalue weighted by atomic mass is 16.5. The number of hydrogen-bond donors (Lipinski definition) is 1. The van der Waals surface area contributed by atoms with Crippen molar-refractivity contribution in [1.29, 1.82) is 0 Å². The average Bonchev–Trinajstić information content (AvgIpc) is 2.78. The number of hydrogen-bond acceptors (Lipinski definition) is 5. The quantitative estimate of drug-likeness (QED) is 0.593. The zero-order chi connectivity index (χ0) is 22.2. The van der Waals surface area contributed by atoms with Crippen molar-refractivity contribution < 1.29 is 19.1 Å². The molecule has 0 aromatic heterocycles. The van der Waals surface area contributed by atoms with Gasteiger partial charge in [-0.25, -0.2) is 9.69 Å². The smallest absolute Gasteiger partial charge is 0.335 e. The van der Waals surface area contributed by atoms with E-state index in [0.717, 1.165) is 49.2 Å². The second-order valence-corrected chi connectivity index (χ2v) is 8.27. The molecule has 32 heavy (non-hydrogen) atoms. The van der Waals surface area contributed by atoms with Gasteiger partial charge in [0.1, 0.15) is 11.3 Å². The molecule has 3 heterocycles. The Balaban J connectivity index is 1.49. The number of urea groups is 1. The minimum atomic E-state index is -0.752. The highest BCUT2D eigenvalue weighted by Gasteiger charge is 2.37. The van der Waals surface area contributed by atoms with Gasteiger partial charge in [0.05, 0.1) is 12.3 Å². The molecule has 0 saturated carbocycles. The minimum Gasteiger partial charge on any atom is -0.494 e. The standard InChI is InChI=1S/C25H25N3O4/c1-2-32-20-9-7-19(8-10-20)28-24(30)21(23(29)26-25(28)31)15-16-13-17-5-3-11-27-12-4-6-18(14-16)22(17)27/h7-10,13-15H,2-6,11-12H2,1H3,(H,26,29,31). The zero-order valence-corrected chi connectivity index (χ0v) is 18.0. The topological polar surface area (TPSA) is 79.0 Å². The van der Waals surface area contributed by atoms with Crippen LogP contribution in [-0.4, -0.2) is 37.5 Å². The second kappa shape index (κ2) is 8.15. The Morgan fingerprint density at radius 3 is 2.28 bits per heavy atom. The number of ether oxygens (including phenoxy) is 1. The highest BCUT2D eigenvalue weighted by Crippen LogP contribution is 2.36. The molecule has 3 aliphatic rings. The molecule has 1 fully saturated rings. The van der Waals surface area contributed by atoms with E-state index in [-0.39, 0.29) is 5.57 Å². The van der Waals surface area contributed by atoms with Gasteiger partial charge in [0.15, 0.2) is 0 Å². The van der Waals surface area contributed by atoms with E-state index in [0.29, 0.717) is 18.0 Å². The van der Waals surface area contributed by atoms with Crippen LogP contribution in [0.5, 0.6) is 5.75 Å². The van der Waals surface area contributed by atoms with Gasteiger partial charge in [-0.3, -0.25) is 14.9 Å². The maximum Gasteiger partial charge on any atom is 0.335 e. The van der Waals surface area contributed by atoms with E-state index >= 15 is 0 Å². The summed E-state index contributed by atoms with van der Waals surface area (Å²) in [5.41, 5.74) is 5.02. The fourth-order valence-corrected chi connectivity index (χ4v) is 4.83. The number of nitrogens with zero attached hydrogens (tertiary/aromatic N) is 2. The van der Waals surface area contributed by atoms with Gasteiger partial charge >= 0.3 is 6.03 Å². The summed E-state index contributed by atoms with van der Waals surface area (Å²) in [5.74, 6) is -0.656. The molecule has 0 bridgehead atoms. The molecule has 7 nitrogen and oxygen atoms in total. The molecule has 1 N–H and O–H groups in total. The van der Waals surface area contributed by atoms with Crippen LogP contribution in [0, 0.1) is 0 Å². The van der Waals surface area contributed by atoms with Crippen LogP contribution in [-0.2, 0) is 22.4 Å². The first-order chi connectivity index (χ1) is 15.5. The molecule has 2 aromatic rings. The summed E-state index contributed by atoms with van der Waals surface area (Å²) in [6, 6.07) is 10.0. The third-order valence-corrected chi connectivity index (χ3v) is 6.17. The molecule has 164 valence electrons. The molecular weight excluding hydrogens is 406 g/mol. The van der Waals surface area contributed by atoms with Crippen LogP contribution in [0.25, 0.3) is 6.08 Å². The van der Waals surface area contributed by atoms with E-state index in [4.69, 9.17) is 4.74 Å². The summed E-state index contributed by atoms with van der Waals surface area (Å²) >= 11 is 0. The molecule has 4 amide bonds. The number of carbonyl (C=O) groups excluding carboxylic acids is 3. The summed E-state index contributed by atoms with van der Waals surface area (Å²) in [6.07, 6.45) is 5.80. The molecule has 5 rings (SSSR count). The van der Waals surface area contributed by atoms with E-state index in [2.05, 4.69) is 22.3 Å². The molecule has 2 aromatic carbocycles. The number of benzene rings is 2. The number of carbonyl (C=O) groups is 3. The fraction of sp³-hybridized carbons (Fsp3) is 0.320. The monoisotopic (exact) mass is 431 g/mol. The maximum atomic E-state index is 13.2. The Morgan fingerprint density at radius 1 is 1.00 bits per heavy atom. The lowest BCUT2D eigenvalue weighted by molar-refractivity contribution is -0.122.